The summed E-state index contributed by atoms with van der Waals surface area (Å²) in [6, 6.07) is 1.96. The Morgan fingerprint density at radius 1 is 1.10 bits per heavy atom. The van der Waals surface area contributed by atoms with Crippen LogP contribution in [0, 0.1) is 23.7 Å². The lowest BCUT2D eigenvalue weighted by Gasteiger charge is -2.56. The van der Waals surface area contributed by atoms with Gasteiger partial charge in [0.2, 0.25) is 5.91 Å². The quantitative estimate of drug-likeness (QED) is 0.352. The molecule has 0 aliphatic heterocycles. The molecule has 0 radical (unpaired) electrons. The summed E-state index contributed by atoms with van der Waals surface area (Å²) in [5.74, 6) is -14.0. The van der Waals surface area contributed by atoms with Crippen LogP contribution in [-0.2, 0) is 34.1 Å². The Morgan fingerprint density at radius 2 is 1.70 bits per heavy atom. The van der Waals surface area contributed by atoms with Gasteiger partial charge in [-0.3, -0.25) is 33.7 Å². The first-order valence-corrected chi connectivity index (χ1v) is 13.3. The molecule has 4 N–H and O–H groups in total. The number of esters is 1. The fraction of sp³-hybridized carbons (Fsp3) is 0.586. The highest BCUT2D eigenvalue weighted by Gasteiger charge is 2.74. The smallest absolute Gasteiger partial charge is 0.305 e. The topological polar surface area (TPSA) is 181 Å². The van der Waals surface area contributed by atoms with Crippen LogP contribution in [0.3, 0.4) is 0 Å². The standard InChI is InChI=1S/C29H36N2O9/c1-8-14(32)40-24-15-11(2)12-9-10-13(28(3,4)5)21(33)16(12)22(34)17(15)25(36)29(39)19(24)20(31(6)7)23(35)18(26(29)37)27(30)38/h9-11,15,17-20,24,33,39H,8H2,1-7H3,(H2,30,38)/t11-,15+,17?,18?,19+,20-,24-,29-/m0/s1. The second-order valence-corrected chi connectivity index (χ2v) is 12.4. The monoisotopic (exact) mass is 556 g/mol. The van der Waals surface area contributed by atoms with Crippen LogP contribution in [0.1, 0.15) is 68.4 Å². The van der Waals surface area contributed by atoms with Gasteiger partial charge in [0.1, 0.15) is 11.9 Å². The fourth-order valence-electron chi connectivity index (χ4n) is 6.95. The third-order valence-electron chi connectivity index (χ3n) is 8.82. The van der Waals surface area contributed by atoms with E-state index in [0.717, 1.165) is 0 Å². The Kier molecular flexibility index (Phi) is 7.08. The minimum Gasteiger partial charge on any atom is -0.507 e. The summed E-state index contributed by atoms with van der Waals surface area (Å²) >= 11 is 0. The number of phenols is 1. The maximum Gasteiger partial charge on any atom is 0.305 e. The number of phenolic OH excluding ortho intramolecular Hbond substituents is 1. The molecule has 2 saturated carbocycles. The Balaban J connectivity index is 2.04. The van der Waals surface area contributed by atoms with Crippen LogP contribution in [0.25, 0.3) is 0 Å². The third-order valence-corrected chi connectivity index (χ3v) is 8.82. The summed E-state index contributed by atoms with van der Waals surface area (Å²) in [5, 5.41) is 23.2. The zero-order chi connectivity index (χ0) is 30.2. The molecule has 3 aliphatic carbocycles. The van der Waals surface area contributed by atoms with Crippen LogP contribution in [0.5, 0.6) is 5.75 Å². The van der Waals surface area contributed by atoms with Crippen LogP contribution >= 0.6 is 0 Å². The summed E-state index contributed by atoms with van der Waals surface area (Å²) in [5.41, 5.74) is 2.56. The van der Waals surface area contributed by atoms with Gasteiger partial charge >= 0.3 is 5.97 Å². The van der Waals surface area contributed by atoms with Crippen molar-refractivity contribution in [3.8, 4) is 5.75 Å². The molecular weight excluding hydrogens is 520 g/mol. The molecule has 0 spiro atoms. The number of nitrogens with zero attached hydrogens (tertiary/aromatic N) is 1. The number of hydrogen-bond acceptors (Lipinski definition) is 10. The molecule has 0 heterocycles. The van der Waals surface area contributed by atoms with Gasteiger partial charge in [-0.25, -0.2) is 0 Å². The molecule has 2 fully saturated rings. The molecule has 11 nitrogen and oxygen atoms in total. The second-order valence-electron chi connectivity index (χ2n) is 12.4. The van der Waals surface area contributed by atoms with Crippen LogP contribution in [-0.4, -0.2) is 82.0 Å². The lowest BCUT2D eigenvalue weighted by atomic mass is 9.49. The highest BCUT2D eigenvalue weighted by atomic mass is 16.5. The number of aliphatic hydroxyl groups is 1. The van der Waals surface area contributed by atoms with Crippen molar-refractivity contribution in [1.29, 1.82) is 0 Å². The van der Waals surface area contributed by atoms with E-state index in [9.17, 15) is 39.0 Å². The highest BCUT2D eigenvalue weighted by molar-refractivity contribution is 6.32. The van der Waals surface area contributed by atoms with Gasteiger partial charge in [-0.15, -0.1) is 0 Å². The first-order valence-electron chi connectivity index (χ1n) is 13.3. The van der Waals surface area contributed by atoms with Crippen LogP contribution in [0.2, 0.25) is 0 Å². The van der Waals surface area contributed by atoms with Gasteiger partial charge in [0.15, 0.2) is 34.7 Å². The number of nitrogens with two attached hydrogens (primary N) is 1. The first-order chi connectivity index (χ1) is 18.4. The molecular formula is C29H36N2O9. The van der Waals surface area contributed by atoms with E-state index in [1.54, 1.807) is 19.1 Å². The normalized spacial score (nSPS) is 33.8. The van der Waals surface area contributed by atoms with E-state index >= 15 is 0 Å². The number of benzene rings is 1. The molecule has 8 atom stereocenters. The average molecular weight is 557 g/mol. The number of rotatable bonds is 4. The average Bonchev–Trinajstić information content (AvgIpc) is 2.84. The van der Waals surface area contributed by atoms with E-state index in [2.05, 4.69) is 0 Å². The van der Waals surface area contributed by atoms with E-state index in [4.69, 9.17) is 10.5 Å². The number of Topliss-reactive ketones (excluding diaryl/α,β-unsaturated/α-hetero) is 4. The Labute approximate surface area is 232 Å². The number of carbonyl (C=O) groups excluding carboxylic acids is 6. The summed E-state index contributed by atoms with van der Waals surface area (Å²) in [4.78, 5) is 81.8. The van der Waals surface area contributed by atoms with Crippen molar-refractivity contribution in [1.82, 2.24) is 4.90 Å². The Bertz CT molecular complexity index is 1340. The Hall–Kier alpha value is -3.44. The molecule has 3 aliphatic rings. The zero-order valence-corrected chi connectivity index (χ0v) is 23.7. The van der Waals surface area contributed by atoms with Crippen molar-refractivity contribution in [2.24, 2.45) is 29.4 Å². The Morgan fingerprint density at radius 3 is 2.20 bits per heavy atom. The van der Waals surface area contributed by atoms with Crippen molar-refractivity contribution >= 4 is 35.0 Å². The number of ether oxygens (including phenoxy) is 1. The van der Waals surface area contributed by atoms with Crippen molar-refractivity contribution in [2.75, 3.05) is 14.1 Å². The SMILES string of the molecule is CCC(=O)O[C@H]1[C@H]2C(C(=O)c3c(ccc(C(C)(C)C)c3O)[C@@H]2C)C(=O)[C@]2(O)C(=O)C(C(N)=O)C(=O)[C@@H](N(C)C)[C@H]12. The van der Waals surface area contributed by atoms with Gasteiger partial charge in [0.05, 0.1) is 23.4 Å². The van der Waals surface area contributed by atoms with Gasteiger partial charge in [0.25, 0.3) is 0 Å². The first kappa shape index (κ1) is 29.5. The van der Waals surface area contributed by atoms with E-state index < -0.39 is 87.8 Å². The van der Waals surface area contributed by atoms with Crippen LogP contribution in [0.4, 0.5) is 0 Å². The van der Waals surface area contributed by atoms with Gasteiger partial charge in [-0.2, -0.15) is 0 Å². The lowest BCUT2D eigenvalue weighted by Crippen LogP contribution is -2.78. The van der Waals surface area contributed by atoms with Gasteiger partial charge in [0, 0.05) is 12.3 Å². The molecule has 1 aromatic rings. The number of aromatic hydroxyl groups is 1. The van der Waals surface area contributed by atoms with Crippen molar-refractivity contribution in [2.45, 2.75) is 70.1 Å². The van der Waals surface area contributed by atoms with Gasteiger partial charge < -0.3 is 20.7 Å². The summed E-state index contributed by atoms with van der Waals surface area (Å²) in [7, 11) is 2.92. The number of carbonyl (C=O) groups is 6. The van der Waals surface area contributed by atoms with Crippen molar-refractivity contribution in [3.05, 3.63) is 28.8 Å². The molecule has 40 heavy (non-hydrogen) atoms. The second kappa shape index (κ2) is 9.59. The van der Waals surface area contributed by atoms with Crippen LogP contribution < -0.4 is 5.73 Å². The predicted molar refractivity (Wildman–Crippen MR) is 140 cm³/mol. The summed E-state index contributed by atoms with van der Waals surface area (Å²) in [6.07, 6.45) is -1.54. The molecule has 4 rings (SSSR count). The number of fused-ring (bicyclic) bond motifs is 3. The molecule has 0 bridgehead atoms. The van der Waals surface area contributed by atoms with E-state index in [1.165, 1.54) is 25.9 Å². The largest absolute Gasteiger partial charge is 0.507 e. The van der Waals surface area contributed by atoms with E-state index in [0.29, 0.717) is 11.1 Å². The van der Waals surface area contributed by atoms with E-state index in [1.807, 2.05) is 20.8 Å². The number of hydrogen-bond donors (Lipinski definition) is 3. The van der Waals surface area contributed by atoms with Crippen molar-refractivity contribution in [3.63, 3.8) is 0 Å². The van der Waals surface area contributed by atoms with Gasteiger partial charge in [-0.05, 0) is 36.6 Å². The minimum absolute atomic E-state index is 0.0972. The molecule has 1 aromatic carbocycles. The number of ketones is 4. The molecule has 11 heteroatoms. The minimum atomic E-state index is -3.04. The molecule has 0 aromatic heterocycles. The van der Waals surface area contributed by atoms with Crippen LogP contribution in [0.15, 0.2) is 12.1 Å². The molecule has 0 saturated heterocycles. The number of likely N-dealkylation sites (N-methyl/N-ethyl adjacent to an activating group) is 1. The third kappa shape index (κ3) is 3.93. The molecule has 2 unspecified atom stereocenters. The summed E-state index contributed by atoms with van der Waals surface area (Å²) in [6.45, 7) is 8.76. The highest BCUT2D eigenvalue weighted by Crippen LogP contribution is 2.56. The maximum absolute atomic E-state index is 14.2. The van der Waals surface area contributed by atoms with E-state index in [-0.39, 0.29) is 17.7 Å². The number of primary amides is 1. The number of amides is 1. The lowest BCUT2D eigenvalue weighted by molar-refractivity contribution is -0.205. The fourth-order valence-corrected chi connectivity index (χ4v) is 6.95. The predicted octanol–water partition coefficient (Wildman–Crippen LogP) is 0.657. The zero-order valence-electron chi connectivity index (χ0n) is 23.7. The van der Waals surface area contributed by atoms with Crippen molar-refractivity contribution < 1.29 is 43.7 Å². The summed E-state index contributed by atoms with van der Waals surface area (Å²) < 4.78 is 5.79. The molecule has 216 valence electrons. The maximum atomic E-state index is 14.2. The molecule has 1 amide bonds. The van der Waals surface area contributed by atoms with Gasteiger partial charge in [-0.1, -0.05) is 46.8 Å².